The number of carbonyl (C=O) groups excluding carboxylic acids is 2. The number of likely N-dealkylation sites (N-methyl/N-ethyl adjacent to an activating group) is 1. The normalized spacial score (nSPS) is 14.0. The zero-order chi connectivity index (χ0) is 66.1. The van der Waals surface area contributed by atoms with Gasteiger partial charge in [0.05, 0.1) is 34.4 Å². The molecule has 9 nitrogen and oxygen atoms in total. The quantitative estimate of drug-likeness (QED) is 0.0211. The highest BCUT2D eigenvalue weighted by Gasteiger charge is 2.25. The molecule has 0 spiro atoms. The van der Waals surface area contributed by atoms with Crippen molar-refractivity contribution in [1.29, 1.82) is 0 Å². The molecule has 2 atom stereocenters. The maximum absolute atomic E-state index is 12.9. The Bertz CT molecular complexity index is 2250. The Hall–Kier alpha value is -6.13. The summed E-state index contributed by atoms with van der Waals surface area (Å²) >= 11 is 0. The van der Waals surface area contributed by atoms with E-state index in [-0.39, 0.29) is 38.6 Å². The number of allylic oxidation sites excluding steroid dienone is 34. The Labute approximate surface area is 556 Å². The third kappa shape index (κ3) is 71.2. The van der Waals surface area contributed by atoms with Crippen molar-refractivity contribution in [2.45, 2.75) is 245 Å². The second kappa shape index (κ2) is 69.8. The fraction of sp³-hybridized carbons (Fsp3) is 0.549. The smallest absolute Gasteiger partial charge is 0.361 e. The summed E-state index contributed by atoms with van der Waals surface area (Å²) in [6.07, 6.45) is 106. The van der Waals surface area contributed by atoms with Crippen molar-refractivity contribution >= 4 is 17.9 Å². The highest BCUT2D eigenvalue weighted by atomic mass is 16.7. The van der Waals surface area contributed by atoms with Gasteiger partial charge in [-0.3, -0.25) is 9.59 Å². The summed E-state index contributed by atoms with van der Waals surface area (Å²) in [6, 6.07) is 0. The molecule has 0 saturated carbocycles. The molecule has 508 valence electrons. The summed E-state index contributed by atoms with van der Waals surface area (Å²) in [5, 5.41) is 9.75. The third-order valence-electron chi connectivity index (χ3n) is 14.0. The molecule has 0 radical (unpaired) electrons. The maximum atomic E-state index is 12.9. The van der Waals surface area contributed by atoms with Gasteiger partial charge in [-0.1, -0.05) is 278 Å². The van der Waals surface area contributed by atoms with E-state index in [0.717, 1.165) is 180 Å². The van der Waals surface area contributed by atoms with Crippen molar-refractivity contribution < 1.29 is 42.9 Å². The van der Waals surface area contributed by atoms with Crippen LogP contribution >= 0.6 is 0 Å². The highest BCUT2D eigenvalue weighted by molar-refractivity contribution is 5.71. The summed E-state index contributed by atoms with van der Waals surface area (Å²) in [4.78, 5) is 37.6. The number of esters is 2. The average molecular weight is 1260 g/mol. The Morgan fingerprint density at radius 1 is 0.330 bits per heavy atom. The molecule has 0 fully saturated rings. The Morgan fingerprint density at radius 3 is 0.879 bits per heavy atom. The molecule has 0 bridgehead atoms. The Morgan fingerprint density at radius 2 is 0.593 bits per heavy atom. The molecule has 0 rings (SSSR count). The molecule has 0 aromatic heterocycles. The SMILES string of the molecule is CC/C=C\C/C=C\C/C=C\C/C=C\C/C=C\C/C=C\C/C=C\C/C=C\C/C=C\C/C=C\CCCCCCCCC(=O)OC(COC(=O)CCCCCCCCC/C=C\C/C=C\C/C=C\C/C=C\C/C=C\C/C=C\C/C=C\CC)COC(OCC[N+](C)(C)C)C(=O)O. The topological polar surface area (TPSA) is 108 Å². The van der Waals surface area contributed by atoms with E-state index in [1.54, 1.807) is 0 Å². The second-order valence-electron chi connectivity index (χ2n) is 23.7. The van der Waals surface area contributed by atoms with E-state index in [9.17, 15) is 19.5 Å². The zero-order valence-electron chi connectivity index (χ0n) is 57.9. The molecular weight excluding hydrogens is 1130 g/mol. The summed E-state index contributed by atoms with van der Waals surface area (Å²) in [5.74, 6) is -2.07. The van der Waals surface area contributed by atoms with Gasteiger partial charge in [-0.25, -0.2) is 4.79 Å². The van der Waals surface area contributed by atoms with E-state index in [1.165, 1.54) is 19.3 Å². The summed E-state index contributed by atoms with van der Waals surface area (Å²) in [5.41, 5.74) is 0. The fourth-order valence-electron chi connectivity index (χ4n) is 8.73. The molecule has 0 amide bonds. The van der Waals surface area contributed by atoms with Crippen LogP contribution in [0.2, 0.25) is 0 Å². The van der Waals surface area contributed by atoms with E-state index < -0.39 is 24.3 Å². The molecule has 0 heterocycles. The number of aliphatic carboxylic acids is 1. The van der Waals surface area contributed by atoms with Gasteiger partial charge in [-0.2, -0.15) is 0 Å². The van der Waals surface area contributed by atoms with Crippen molar-refractivity contribution in [2.75, 3.05) is 47.5 Å². The molecule has 91 heavy (non-hydrogen) atoms. The van der Waals surface area contributed by atoms with Crippen molar-refractivity contribution in [3.8, 4) is 0 Å². The van der Waals surface area contributed by atoms with Gasteiger partial charge in [0.2, 0.25) is 0 Å². The Kier molecular flexibility index (Phi) is 65.1. The molecule has 9 heteroatoms. The largest absolute Gasteiger partial charge is 0.477 e. The monoisotopic (exact) mass is 1250 g/mol. The van der Waals surface area contributed by atoms with Gasteiger partial charge < -0.3 is 28.5 Å². The number of hydrogen-bond donors (Lipinski definition) is 1. The molecule has 0 aromatic carbocycles. The predicted octanol–water partition coefficient (Wildman–Crippen LogP) is 22.4. The number of carboxylic acid groups (broad SMARTS) is 1. The minimum absolute atomic E-state index is 0.170. The number of carbonyl (C=O) groups is 3. The number of rotatable bonds is 62. The first kappa shape index (κ1) is 84.9. The van der Waals surface area contributed by atoms with Crippen LogP contribution in [0.15, 0.2) is 207 Å². The van der Waals surface area contributed by atoms with E-state index in [4.69, 9.17) is 18.9 Å². The van der Waals surface area contributed by atoms with Crippen LogP contribution in [0, 0.1) is 0 Å². The lowest BCUT2D eigenvalue weighted by molar-refractivity contribution is -0.870. The van der Waals surface area contributed by atoms with Crippen LogP contribution in [0.1, 0.15) is 232 Å². The lowest BCUT2D eigenvalue weighted by Crippen LogP contribution is -2.40. The number of ether oxygens (including phenoxy) is 4. The summed E-state index contributed by atoms with van der Waals surface area (Å²) in [6.45, 7) is 4.59. The van der Waals surface area contributed by atoms with Gasteiger partial charge in [-0.15, -0.1) is 0 Å². The molecule has 1 N–H and O–H groups in total. The van der Waals surface area contributed by atoms with Crippen molar-refractivity contribution in [3.63, 3.8) is 0 Å². The molecule has 0 aliphatic heterocycles. The van der Waals surface area contributed by atoms with Gasteiger partial charge in [0.25, 0.3) is 6.29 Å². The summed E-state index contributed by atoms with van der Waals surface area (Å²) in [7, 11) is 5.95. The minimum Gasteiger partial charge on any atom is -0.477 e. The van der Waals surface area contributed by atoms with Gasteiger partial charge in [0.15, 0.2) is 6.10 Å². The minimum atomic E-state index is -1.53. The number of hydrogen-bond acceptors (Lipinski definition) is 7. The van der Waals surface area contributed by atoms with Crippen LogP contribution in [0.4, 0.5) is 0 Å². The van der Waals surface area contributed by atoms with E-state index >= 15 is 0 Å². The van der Waals surface area contributed by atoms with Gasteiger partial charge in [0, 0.05) is 12.8 Å². The van der Waals surface area contributed by atoms with Gasteiger partial charge >= 0.3 is 17.9 Å². The van der Waals surface area contributed by atoms with Gasteiger partial charge in [0.1, 0.15) is 13.2 Å². The zero-order valence-corrected chi connectivity index (χ0v) is 57.9. The van der Waals surface area contributed by atoms with Crippen LogP contribution in [0.3, 0.4) is 0 Å². The third-order valence-corrected chi connectivity index (χ3v) is 14.0. The molecule has 0 aromatic rings. The maximum Gasteiger partial charge on any atom is 0.361 e. The molecule has 0 aliphatic carbocycles. The average Bonchev–Trinajstić information content (AvgIpc) is 3.50. The number of unbranched alkanes of at least 4 members (excludes halogenated alkanes) is 13. The molecular formula is C82H128NO8+. The van der Waals surface area contributed by atoms with Crippen LogP contribution < -0.4 is 0 Å². The van der Waals surface area contributed by atoms with Crippen LogP contribution in [0.5, 0.6) is 0 Å². The second-order valence-corrected chi connectivity index (χ2v) is 23.7. The highest BCUT2D eigenvalue weighted by Crippen LogP contribution is 2.14. The van der Waals surface area contributed by atoms with Crippen molar-refractivity contribution in [2.24, 2.45) is 0 Å². The summed E-state index contributed by atoms with van der Waals surface area (Å²) < 4.78 is 22.9. The standard InChI is InChI=1S/C82H127NO8/c1-6-8-10-12-14-16-18-20-22-24-26-28-30-32-34-36-37-38-39-40-41-42-43-45-47-49-51-53-55-57-59-61-63-65-67-69-71-73-80(85)91-78(77-90-82(81(86)87)88-75-74-83(3,4)5)76-89-79(84)72-70-68-66-64-62-60-58-56-54-52-50-48-46-44-35-33-31-29-27-25-23-21-19-17-15-13-11-9-7-2/h8-11,14-17,20-23,26-29,32-35,37-38,40-41,43,45-46,48-49,51-52,54-55,57,78,82H,6-7,12-13,18-19,24-25,30-31,36,39,42,44,47,50,53,56,58-77H2,1-5H3/p+1/b10-8-,11-9-,16-14-,17-15-,22-20-,23-21-,28-26-,29-27-,34-32-,35-33-,38-37-,41-40-,45-43-,48-46-,51-49-,54-52-,57-55-. The van der Waals surface area contributed by atoms with E-state index in [1.807, 2.05) is 21.1 Å². The lowest BCUT2D eigenvalue weighted by Gasteiger charge is -2.25. The van der Waals surface area contributed by atoms with Crippen molar-refractivity contribution in [3.05, 3.63) is 207 Å². The van der Waals surface area contributed by atoms with E-state index in [0.29, 0.717) is 17.4 Å². The first-order chi connectivity index (χ1) is 44.6. The number of nitrogens with zero attached hydrogens (tertiary/aromatic N) is 1. The number of carboxylic acids is 1. The first-order valence-corrected chi connectivity index (χ1v) is 35.2. The van der Waals surface area contributed by atoms with Crippen LogP contribution in [0.25, 0.3) is 0 Å². The van der Waals surface area contributed by atoms with Crippen LogP contribution in [-0.2, 0) is 33.3 Å². The molecule has 0 saturated heterocycles. The molecule has 0 aliphatic rings. The van der Waals surface area contributed by atoms with Crippen molar-refractivity contribution in [1.82, 2.24) is 0 Å². The van der Waals surface area contributed by atoms with Gasteiger partial charge in [-0.05, 0) is 148 Å². The first-order valence-electron chi connectivity index (χ1n) is 35.2. The number of quaternary nitrogens is 1. The molecule has 2 unspecified atom stereocenters. The fourth-order valence-corrected chi connectivity index (χ4v) is 8.73. The predicted molar refractivity (Wildman–Crippen MR) is 391 cm³/mol. The van der Waals surface area contributed by atoms with E-state index in [2.05, 4.69) is 220 Å². The lowest BCUT2D eigenvalue weighted by atomic mass is 10.1. The van der Waals surface area contributed by atoms with Crippen LogP contribution in [-0.4, -0.2) is 87.4 Å². The Balaban J connectivity index is 4.28.